The average molecular weight is 204 g/mol. The van der Waals surface area contributed by atoms with Crippen molar-refractivity contribution in [3.8, 4) is 0 Å². The summed E-state index contributed by atoms with van der Waals surface area (Å²) in [5.74, 6) is 0. The van der Waals surface area contributed by atoms with E-state index in [0.717, 1.165) is 11.1 Å². The van der Waals surface area contributed by atoms with Crippen molar-refractivity contribution in [3.05, 3.63) is 44.5 Å². The van der Waals surface area contributed by atoms with Crippen molar-refractivity contribution in [2.45, 2.75) is 20.4 Å². The summed E-state index contributed by atoms with van der Waals surface area (Å²) in [6.45, 7) is 4.28. The predicted octanol–water partition coefficient (Wildman–Crippen LogP) is 1.02. The number of rotatable bonds is 1. The van der Waals surface area contributed by atoms with Gasteiger partial charge in [-0.15, -0.1) is 0 Å². The van der Waals surface area contributed by atoms with Crippen LogP contribution in [0.2, 0.25) is 0 Å². The van der Waals surface area contributed by atoms with Gasteiger partial charge in [0, 0.05) is 6.54 Å². The molecule has 0 aliphatic heterocycles. The average Bonchev–Trinajstić information content (AvgIpc) is 2.21. The summed E-state index contributed by atoms with van der Waals surface area (Å²) >= 11 is 0. The van der Waals surface area contributed by atoms with E-state index in [0.29, 0.717) is 12.1 Å². The molecule has 1 N–H and O–H groups in total. The Hall–Kier alpha value is -1.84. The lowest BCUT2D eigenvalue weighted by Gasteiger charge is -2.08. The molecule has 0 bridgehead atoms. The number of aromatic amines is 1. The topological polar surface area (TPSA) is 54.9 Å². The van der Waals surface area contributed by atoms with Crippen LogP contribution >= 0.6 is 0 Å². The normalized spacial score (nSPS) is 10.8. The first-order valence-electron chi connectivity index (χ1n) is 4.87. The Morgan fingerprint density at radius 1 is 1.33 bits per heavy atom. The van der Waals surface area contributed by atoms with Gasteiger partial charge in [-0.3, -0.25) is 9.59 Å². The Kier molecular flexibility index (Phi) is 2.19. The minimum Gasteiger partial charge on any atom is -0.316 e. The summed E-state index contributed by atoms with van der Waals surface area (Å²) in [5, 5.41) is 0. The van der Waals surface area contributed by atoms with Gasteiger partial charge in [-0.25, -0.2) is 0 Å². The van der Waals surface area contributed by atoms with Gasteiger partial charge >= 0.3 is 11.1 Å². The summed E-state index contributed by atoms with van der Waals surface area (Å²) in [5.41, 5.74) is 1.46. The molecule has 15 heavy (non-hydrogen) atoms. The molecular weight excluding hydrogens is 192 g/mol. The monoisotopic (exact) mass is 204 g/mol. The lowest BCUT2D eigenvalue weighted by atomic mass is 10.2. The molecule has 0 saturated heterocycles. The van der Waals surface area contributed by atoms with Crippen LogP contribution in [0.5, 0.6) is 0 Å². The molecule has 0 fully saturated rings. The highest BCUT2D eigenvalue weighted by atomic mass is 16.2. The first kappa shape index (κ1) is 9.71. The molecule has 2 rings (SSSR count). The van der Waals surface area contributed by atoms with Crippen molar-refractivity contribution in [2.24, 2.45) is 0 Å². The largest absolute Gasteiger partial charge is 0.316 e. The van der Waals surface area contributed by atoms with Crippen LogP contribution < -0.4 is 11.1 Å². The van der Waals surface area contributed by atoms with Gasteiger partial charge in [0.05, 0.1) is 11.0 Å². The molecule has 1 aromatic carbocycles. The van der Waals surface area contributed by atoms with Gasteiger partial charge in [0.15, 0.2) is 0 Å². The van der Waals surface area contributed by atoms with Gasteiger partial charge in [-0.2, -0.15) is 0 Å². The minimum atomic E-state index is -0.560. The van der Waals surface area contributed by atoms with Crippen LogP contribution in [-0.4, -0.2) is 9.55 Å². The maximum atomic E-state index is 11.6. The van der Waals surface area contributed by atoms with E-state index in [-0.39, 0.29) is 0 Å². The Balaban J connectivity index is 3.10. The fourth-order valence-electron chi connectivity index (χ4n) is 1.82. The highest BCUT2D eigenvalue weighted by Crippen LogP contribution is 2.12. The Bertz CT molecular complexity index is 623. The van der Waals surface area contributed by atoms with Crippen molar-refractivity contribution in [1.29, 1.82) is 0 Å². The molecule has 0 aliphatic carbocycles. The van der Waals surface area contributed by atoms with Crippen LogP contribution in [0.15, 0.2) is 27.8 Å². The third kappa shape index (κ3) is 1.38. The maximum Gasteiger partial charge on any atom is 0.316 e. The second-order valence-corrected chi connectivity index (χ2v) is 3.47. The molecule has 0 radical (unpaired) electrons. The number of fused-ring (bicyclic) bond motifs is 1. The number of para-hydroxylation sites is 1. The molecule has 78 valence electrons. The number of aryl methyl sites for hydroxylation is 2. The zero-order chi connectivity index (χ0) is 11.0. The van der Waals surface area contributed by atoms with Crippen LogP contribution in [0, 0.1) is 6.92 Å². The lowest BCUT2D eigenvalue weighted by molar-refractivity contribution is 0.742. The fourth-order valence-corrected chi connectivity index (χ4v) is 1.82. The van der Waals surface area contributed by atoms with Gasteiger partial charge in [0.2, 0.25) is 0 Å². The molecule has 0 spiro atoms. The molecule has 0 aliphatic rings. The highest BCUT2D eigenvalue weighted by molar-refractivity contribution is 5.77. The number of benzene rings is 1. The number of aromatic nitrogens is 2. The summed E-state index contributed by atoms with van der Waals surface area (Å²) in [7, 11) is 0. The number of nitrogens with one attached hydrogen (secondary N) is 1. The van der Waals surface area contributed by atoms with Gasteiger partial charge in [0.1, 0.15) is 0 Å². The Morgan fingerprint density at radius 3 is 2.73 bits per heavy atom. The summed E-state index contributed by atoms with van der Waals surface area (Å²) < 4.78 is 1.50. The molecule has 0 saturated carbocycles. The number of hydrogen-bond acceptors (Lipinski definition) is 2. The van der Waals surface area contributed by atoms with Gasteiger partial charge < -0.3 is 9.55 Å². The van der Waals surface area contributed by atoms with E-state index in [1.54, 1.807) is 6.07 Å². The van der Waals surface area contributed by atoms with E-state index >= 15 is 0 Å². The highest BCUT2D eigenvalue weighted by Gasteiger charge is 2.07. The van der Waals surface area contributed by atoms with Crippen LogP contribution in [-0.2, 0) is 6.54 Å². The first-order chi connectivity index (χ1) is 7.15. The van der Waals surface area contributed by atoms with Crippen LogP contribution in [0.25, 0.3) is 11.0 Å². The Labute approximate surface area is 86.2 Å². The molecule has 1 aromatic heterocycles. The quantitative estimate of drug-likeness (QED) is 0.705. The second-order valence-electron chi connectivity index (χ2n) is 3.47. The summed E-state index contributed by atoms with van der Waals surface area (Å²) in [6, 6.07) is 5.58. The maximum absolute atomic E-state index is 11.6. The van der Waals surface area contributed by atoms with E-state index in [1.165, 1.54) is 4.57 Å². The van der Waals surface area contributed by atoms with Crippen molar-refractivity contribution >= 4 is 11.0 Å². The zero-order valence-corrected chi connectivity index (χ0v) is 8.70. The van der Waals surface area contributed by atoms with E-state index < -0.39 is 11.1 Å². The van der Waals surface area contributed by atoms with Crippen LogP contribution in [0.1, 0.15) is 12.5 Å². The summed E-state index contributed by atoms with van der Waals surface area (Å²) in [4.78, 5) is 25.5. The second kappa shape index (κ2) is 3.38. The minimum absolute atomic E-state index is 0.487. The van der Waals surface area contributed by atoms with E-state index in [2.05, 4.69) is 4.98 Å². The van der Waals surface area contributed by atoms with Crippen molar-refractivity contribution in [3.63, 3.8) is 0 Å². The molecular formula is C11H12N2O2. The number of nitrogens with zero attached hydrogens (tertiary/aromatic N) is 1. The first-order valence-corrected chi connectivity index (χ1v) is 4.87. The van der Waals surface area contributed by atoms with Crippen LogP contribution in [0.3, 0.4) is 0 Å². The molecule has 4 heteroatoms. The predicted molar refractivity (Wildman–Crippen MR) is 59.2 cm³/mol. The van der Waals surface area contributed by atoms with Crippen molar-refractivity contribution in [1.82, 2.24) is 9.55 Å². The third-order valence-electron chi connectivity index (χ3n) is 2.51. The third-order valence-corrected chi connectivity index (χ3v) is 2.51. The van der Waals surface area contributed by atoms with E-state index in [9.17, 15) is 9.59 Å². The van der Waals surface area contributed by atoms with Gasteiger partial charge in [-0.1, -0.05) is 12.1 Å². The van der Waals surface area contributed by atoms with Crippen molar-refractivity contribution < 1.29 is 0 Å². The molecule has 4 nitrogen and oxygen atoms in total. The molecule has 0 unspecified atom stereocenters. The number of H-pyrrole nitrogens is 1. The number of hydrogen-bond donors (Lipinski definition) is 1. The smallest absolute Gasteiger partial charge is 0.316 e. The van der Waals surface area contributed by atoms with E-state index in [4.69, 9.17) is 0 Å². The molecule has 0 atom stereocenters. The zero-order valence-electron chi connectivity index (χ0n) is 8.70. The van der Waals surface area contributed by atoms with Crippen molar-refractivity contribution in [2.75, 3.05) is 0 Å². The lowest BCUT2D eigenvalue weighted by Crippen LogP contribution is -2.36. The molecule has 0 amide bonds. The van der Waals surface area contributed by atoms with Gasteiger partial charge in [-0.05, 0) is 25.5 Å². The SMILES string of the molecule is CCn1c(=O)c(=O)[nH]c2cccc(C)c21. The standard InChI is InChI=1S/C11H12N2O2/c1-3-13-9-7(2)5-4-6-8(9)12-10(14)11(13)15/h4-6H,3H2,1-2H3,(H,12,14). The fraction of sp³-hybridized carbons (Fsp3) is 0.273. The van der Waals surface area contributed by atoms with Crippen LogP contribution in [0.4, 0.5) is 0 Å². The van der Waals surface area contributed by atoms with Gasteiger partial charge in [0.25, 0.3) is 0 Å². The molecule has 1 heterocycles. The molecule has 2 aromatic rings. The Morgan fingerprint density at radius 2 is 2.07 bits per heavy atom. The summed E-state index contributed by atoms with van der Waals surface area (Å²) in [6.07, 6.45) is 0. The van der Waals surface area contributed by atoms with E-state index in [1.807, 2.05) is 26.0 Å².